The first-order chi connectivity index (χ1) is 35.6. The van der Waals surface area contributed by atoms with Gasteiger partial charge in [-0.15, -0.1) is 0 Å². The lowest BCUT2D eigenvalue weighted by Crippen LogP contribution is -2.61. The van der Waals surface area contributed by atoms with Crippen LogP contribution in [0.5, 0.6) is 5.75 Å². The molecule has 27 nitrogen and oxygen atoms in total. The van der Waals surface area contributed by atoms with Crippen LogP contribution in [0.2, 0.25) is 0 Å². The number of likely N-dealkylation sites (tertiary alicyclic amines) is 1. The zero-order chi connectivity index (χ0) is 55.2. The number of nitrogens with zero attached hydrogens (tertiary/aromatic N) is 2. The van der Waals surface area contributed by atoms with E-state index in [9.17, 15) is 62.1 Å². The van der Waals surface area contributed by atoms with Crippen molar-refractivity contribution >= 4 is 91.6 Å². The van der Waals surface area contributed by atoms with Crippen LogP contribution in [0, 0.1) is 0 Å². The van der Waals surface area contributed by atoms with Gasteiger partial charge in [-0.3, -0.25) is 57.7 Å². The van der Waals surface area contributed by atoms with Crippen molar-refractivity contribution in [3.63, 3.8) is 0 Å². The molecule has 11 amide bonds. The molecule has 18 N–H and O–H groups in total. The summed E-state index contributed by atoms with van der Waals surface area (Å²) >= 11 is 0. The number of hydrogen-bond acceptors (Lipinski definition) is 15. The fraction of sp³-hybridized carbons (Fsp3) is 0.478. The molecule has 0 radical (unpaired) electrons. The van der Waals surface area contributed by atoms with Crippen LogP contribution >= 0.6 is 10.8 Å². The van der Waals surface area contributed by atoms with Crippen molar-refractivity contribution in [3.8, 4) is 5.75 Å². The van der Waals surface area contributed by atoms with Crippen LogP contribution in [-0.4, -0.2) is 159 Å². The largest absolute Gasteiger partial charge is 0.508 e. The SMILES string of the molecule is NC(=O)CC[C@@H]1NC(=O)[C@H](Cc2ccccc2)NC(=O)[C@H](Cc2ccc(O)cc2)NC(=O)CCSS(=O)C[C@@H](C(=O)N2CCC[C@H]2C(=O)N[C@H](CCCN=C(N)N)C(=O)NCC(N)=O)NC(=O)[C@H](CC(N)=O)NC1=O. The van der Waals surface area contributed by atoms with E-state index in [4.69, 9.17) is 28.7 Å². The Labute approximate surface area is 437 Å². The summed E-state index contributed by atoms with van der Waals surface area (Å²) < 4.78 is 13.8. The highest BCUT2D eigenvalue weighted by Gasteiger charge is 2.41. The number of hydrogen-bond donors (Lipinski definition) is 13. The molecule has 408 valence electrons. The minimum atomic E-state index is -2.10. The Bertz CT molecular complexity index is 2460. The number of carbonyl (C=O) groups is 11. The molecule has 29 heteroatoms. The van der Waals surface area contributed by atoms with E-state index in [1.165, 1.54) is 24.3 Å². The summed E-state index contributed by atoms with van der Waals surface area (Å²) in [4.78, 5) is 153. The van der Waals surface area contributed by atoms with E-state index in [-0.39, 0.29) is 75.5 Å². The highest BCUT2D eigenvalue weighted by molar-refractivity contribution is 8.69. The lowest BCUT2D eigenvalue weighted by atomic mass is 10.0. The smallest absolute Gasteiger partial charge is 0.246 e. The van der Waals surface area contributed by atoms with E-state index in [1.807, 2.05) is 0 Å². The molecule has 1 unspecified atom stereocenters. The number of aromatic hydroxyl groups is 1. The van der Waals surface area contributed by atoms with Crippen LogP contribution < -0.4 is 65.9 Å². The molecule has 0 saturated carbocycles. The highest BCUT2D eigenvalue weighted by Crippen LogP contribution is 2.22. The second kappa shape index (κ2) is 29.8. The molecule has 0 bridgehead atoms. The van der Waals surface area contributed by atoms with Gasteiger partial charge in [-0.25, -0.2) is 4.21 Å². The molecular formula is C46H64N14O13S2. The van der Waals surface area contributed by atoms with E-state index in [0.29, 0.717) is 21.9 Å². The third kappa shape index (κ3) is 20.5. The zero-order valence-electron chi connectivity index (χ0n) is 40.8. The van der Waals surface area contributed by atoms with Gasteiger partial charge >= 0.3 is 0 Å². The summed E-state index contributed by atoms with van der Waals surface area (Å²) in [5, 5.41) is 27.4. The number of primary amides is 3. The maximum absolute atomic E-state index is 14.6. The van der Waals surface area contributed by atoms with Crippen LogP contribution in [0.3, 0.4) is 0 Å². The van der Waals surface area contributed by atoms with Crippen molar-refractivity contribution in [1.82, 2.24) is 42.1 Å². The Hall–Kier alpha value is -7.82. The van der Waals surface area contributed by atoms with Gasteiger partial charge in [-0.1, -0.05) is 53.3 Å². The Morgan fingerprint density at radius 3 is 1.99 bits per heavy atom. The minimum absolute atomic E-state index is 0.0265. The van der Waals surface area contributed by atoms with Crippen molar-refractivity contribution in [2.45, 2.75) is 107 Å². The van der Waals surface area contributed by atoms with E-state index < -0.39 is 149 Å². The molecule has 0 spiro atoms. The lowest BCUT2D eigenvalue weighted by Gasteiger charge is -2.30. The van der Waals surface area contributed by atoms with Crippen molar-refractivity contribution in [2.24, 2.45) is 33.7 Å². The number of guanidine groups is 1. The number of carbonyl (C=O) groups excluding carboxylic acids is 11. The Kier molecular flexibility index (Phi) is 23.7. The number of phenolic OH excluding ortho intramolecular Hbond substituents is 1. The molecule has 75 heavy (non-hydrogen) atoms. The van der Waals surface area contributed by atoms with Crippen LogP contribution in [-0.2, 0) is 75.4 Å². The van der Waals surface area contributed by atoms with Crippen molar-refractivity contribution in [1.29, 1.82) is 0 Å². The van der Waals surface area contributed by atoms with Gasteiger partial charge in [0.15, 0.2) is 5.96 Å². The minimum Gasteiger partial charge on any atom is -0.508 e. The number of aliphatic imine (C=N–C) groups is 1. The number of amides is 11. The van der Waals surface area contributed by atoms with Crippen molar-refractivity contribution < 1.29 is 62.1 Å². The summed E-state index contributed by atoms with van der Waals surface area (Å²) in [5.74, 6) is -11.3. The summed E-state index contributed by atoms with van der Waals surface area (Å²) in [7, 11) is -1.40. The fourth-order valence-electron chi connectivity index (χ4n) is 7.88. The van der Waals surface area contributed by atoms with Gasteiger partial charge in [0.05, 0.1) is 28.6 Å². The summed E-state index contributed by atoms with van der Waals surface area (Å²) in [5.41, 5.74) is 28.0. The van der Waals surface area contributed by atoms with Crippen LogP contribution in [0.15, 0.2) is 59.6 Å². The molecular weight excluding hydrogens is 1020 g/mol. The van der Waals surface area contributed by atoms with Gasteiger partial charge in [0.2, 0.25) is 65.0 Å². The maximum Gasteiger partial charge on any atom is 0.246 e. The molecule has 2 aliphatic rings. The number of nitrogens with one attached hydrogen (secondary N) is 7. The first kappa shape index (κ1) is 59.7. The molecule has 2 aromatic carbocycles. The molecule has 0 aromatic heterocycles. The highest BCUT2D eigenvalue weighted by atomic mass is 33.1. The van der Waals surface area contributed by atoms with E-state index in [1.54, 1.807) is 30.3 Å². The predicted molar refractivity (Wildman–Crippen MR) is 273 cm³/mol. The lowest BCUT2D eigenvalue weighted by molar-refractivity contribution is -0.142. The van der Waals surface area contributed by atoms with Crippen molar-refractivity contribution in [3.05, 3.63) is 65.7 Å². The average Bonchev–Trinajstić information content (AvgIpc) is 3.85. The maximum atomic E-state index is 14.6. The third-order valence-corrected chi connectivity index (χ3v) is 14.5. The van der Waals surface area contributed by atoms with Gasteiger partial charge in [-0.2, -0.15) is 0 Å². The van der Waals surface area contributed by atoms with Crippen LogP contribution in [0.1, 0.15) is 62.5 Å². The molecule has 8 atom stereocenters. The molecule has 4 rings (SSSR count). The first-order valence-electron chi connectivity index (χ1n) is 23.7. The van der Waals surface area contributed by atoms with Crippen LogP contribution in [0.4, 0.5) is 0 Å². The quantitative estimate of drug-likeness (QED) is 0.0270. The van der Waals surface area contributed by atoms with Crippen LogP contribution in [0.25, 0.3) is 0 Å². The standard InChI is InChI=1S/C46H64N14O13S2/c47-35(62)15-14-29-40(67)58-32(22-36(48)63)43(70)59-33(45(72)60-18-5-9-34(60)44(71)56-28(8-4-17-52-46(50)51)39(66)53-23-37(49)64)24-75(73)74-19-16-38(65)54-30(21-26-10-12-27(61)13-11-26)41(68)57-31(42(69)55-29)20-25-6-2-1-3-7-25/h1-3,6-7,10-13,28-34,61H,4-5,8-9,14-24H2,(H2,47,62)(H2,48,63)(H2,49,64)(H,53,66)(H,54,65)(H,55,69)(H,56,71)(H,57,68)(H,58,67)(H,59,70)(H4,50,51,52)/t28-,29+,30+,31+,32+,33+,34+,75?/m1/s1. The second-order valence-corrected chi connectivity index (χ2v) is 20.9. The molecule has 2 fully saturated rings. The van der Waals surface area contributed by atoms with E-state index in [0.717, 1.165) is 4.90 Å². The molecule has 2 saturated heterocycles. The second-order valence-electron chi connectivity index (χ2n) is 17.5. The number of nitrogens with two attached hydrogens (primary N) is 5. The summed E-state index contributed by atoms with van der Waals surface area (Å²) in [6.07, 6.45) is -1.98. The average molecular weight is 1090 g/mol. The molecule has 2 aromatic rings. The summed E-state index contributed by atoms with van der Waals surface area (Å²) in [6, 6.07) is 3.59. The topological polar surface area (TPSA) is 455 Å². The van der Waals surface area contributed by atoms with Gasteiger partial charge < -0.3 is 75.9 Å². The normalized spacial score (nSPS) is 22.6. The Morgan fingerprint density at radius 1 is 0.760 bits per heavy atom. The zero-order valence-corrected chi connectivity index (χ0v) is 42.4. The van der Waals surface area contributed by atoms with Gasteiger partial charge in [0.1, 0.15) is 48.0 Å². The monoisotopic (exact) mass is 1080 g/mol. The fourth-order valence-corrected chi connectivity index (χ4v) is 10.4. The number of phenols is 1. The predicted octanol–water partition coefficient (Wildman–Crippen LogP) is -5.33. The molecule has 2 aliphatic heterocycles. The molecule has 2 heterocycles. The molecule has 0 aliphatic carbocycles. The van der Waals surface area contributed by atoms with E-state index in [2.05, 4.69) is 42.2 Å². The van der Waals surface area contributed by atoms with Gasteiger partial charge in [-0.05, 0) is 55.4 Å². The van der Waals surface area contributed by atoms with Gasteiger partial charge in [0, 0.05) is 44.5 Å². The Morgan fingerprint density at radius 2 is 1.36 bits per heavy atom. The third-order valence-electron chi connectivity index (χ3n) is 11.6. The van der Waals surface area contributed by atoms with Gasteiger partial charge in [0.25, 0.3) is 0 Å². The first-order valence-corrected chi connectivity index (χ1v) is 26.5. The Balaban J connectivity index is 1.71. The van der Waals surface area contributed by atoms with Crippen molar-refractivity contribution in [2.75, 3.05) is 31.1 Å². The van der Waals surface area contributed by atoms with E-state index >= 15 is 0 Å². The number of rotatable bonds is 19. The summed E-state index contributed by atoms with van der Waals surface area (Å²) in [6.45, 7) is -0.554. The number of benzene rings is 2.